The van der Waals surface area contributed by atoms with Crippen LogP contribution in [-0.4, -0.2) is 31.4 Å². The summed E-state index contributed by atoms with van der Waals surface area (Å²) in [6, 6.07) is 21.8. The van der Waals surface area contributed by atoms with Crippen molar-refractivity contribution in [1.29, 1.82) is 0 Å². The molecular weight excluding hydrogens is 402 g/mol. The highest BCUT2D eigenvalue weighted by Crippen LogP contribution is 2.29. The molecule has 2 heterocycles. The molecule has 4 aromatic rings. The maximum atomic E-state index is 12.8. The number of aromatic nitrogens is 4. The van der Waals surface area contributed by atoms with E-state index in [1.165, 1.54) is 11.8 Å². The average molecular weight is 422 g/mol. The zero-order valence-corrected chi connectivity index (χ0v) is 17.4. The van der Waals surface area contributed by atoms with Crippen LogP contribution >= 0.6 is 23.1 Å². The number of amides is 1. The fourth-order valence-corrected chi connectivity index (χ4v) is 4.31. The summed E-state index contributed by atoms with van der Waals surface area (Å²) in [5.74, 6) is -0.0935. The first kappa shape index (κ1) is 19.4. The molecule has 1 N–H and O–H groups in total. The second kappa shape index (κ2) is 9.02. The van der Waals surface area contributed by atoms with E-state index in [2.05, 4.69) is 20.8 Å². The number of rotatable bonds is 7. The Kier molecular flexibility index (Phi) is 6.02. The zero-order chi connectivity index (χ0) is 20.1. The Morgan fingerprint density at radius 2 is 1.90 bits per heavy atom. The lowest BCUT2D eigenvalue weighted by atomic mass is 10.0. The summed E-state index contributed by atoms with van der Waals surface area (Å²) in [6.07, 6.45) is 0. The van der Waals surface area contributed by atoms with Crippen molar-refractivity contribution in [2.24, 2.45) is 0 Å². The molecule has 0 spiro atoms. The fourth-order valence-electron chi connectivity index (χ4n) is 2.84. The second-order valence-corrected chi connectivity index (χ2v) is 8.70. The van der Waals surface area contributed by atoms with E-state index in [1.807, 2.05) is 79.0 Å². The van der Waals surface area contributed by atoms with Crippen molar-refractivity contribution in [3.05, 3.63) is 77.0 Å². The minimum Gasteiger partial charge on any atom is -0.325 e. The van der Waals surface area contributed by atoms with Gasteiger partial charge in [0.2, 0.25) is 11.1 Å². The smallest absolute Gasteiger partial charge is 0.237 e. The molecule has 146 valence electrons. The molecule has 1 amide bonds. The van der Waals surface area contributed by atoms with Crippen molar-refractivity contribution < 1.29 is 4.79 Å². The summed E-state index contributed by atoms with van der Waals surface area (Å²) in [4.78, 5) is 14.0. The molecule has 0 bridgehead atoms. The molecule has 29 heavy (non-hydrogen) atoms. The highest BCUT2D eigenvalue weighted by Gasteiger charge is 2.20. The van der Waals surface area contributed by atoms with E-state index >= 15 is 0 Å². The Hall–Kier alpha value is -2.97. The van der Waals surface area contributed by atoms with Crippen LogP contribution in [0.2, 0.25) is 0 Å². The van der Waals surface area contributed by atoms with Gasteiger partial charge in [0, 0.05) is 16.1 Å². The Morgan fingerprint density at radius 1 is 1.10 bits per heavy atom. The van der Waals surface area contributed by atoms with E-state index in [0.717, 1.165) is 21.7 Å². The van der Waals surface area contributed by atoms with Gasteiger partial charge in [0.1, 0.15) is 0 Å². The van der Waals surface area contributed by atoms with Gasteiger partial charge in [0.25, 0.3) is 0 Å². The van der Waals surface area contributed by atoms with Gasteiger partial charge in [-0.3, -0.25) is 4.79 Å². The third-order valence-corrected chi connectivity index (χ3v) is 6.24. The molecule has 0 aliphatic rings. The first-order valence-electron chi connectivity index (χ1n) is 9.11. The van der Waals surface area contributed by atoms with Crippen LogP contribution in [0, 0.1) is 0 Å². The van der Waals surface area contributed by atoms with Crippen LogP contribution in [-0.2, 0) is 11.3 Å². The van der Waals surface area contributed by atoms with Crippen molar-refractivity contribution in [3.8, 4) is 11.1 Å². The van der Waals surface area contributed by atoms with Crippen LogP contribution < -0.4 is 5.32 Å². The van der Waals surface area contributed by atoms with Crippen molar-refractivity contribution in [2.45, 2.75) is 23.9 Å². The third-order valence-electron chi connectivity index (χ3n) is 4.31. The summed E-state index contributed by atoms with van der Waals surface area (Å²) >= 11 is 3.00. The summed E-state index contributed by atoms with van der Waals surface area (Å²) < 4.78 is 1.72. The van der Waals surface area contributed by atoms with Crippen molar-refractivity contribution >= 4 is 34.7 Å². The Bertz CT molecular complexity index is 1080. The first-order chi connectivity index (χ1) is 14.2. The van der Waals surface area contributed by atoms with Crippen LogP contribution in [0.15, 0.2) is 77.3 Å². The Labute approximate surface area is 177 Å². The largest absolute Gasteiger partial charge is 0.325 e. The van der Waals surface area contributed by atoms with Gasteiger partial charge in [-0.15, -0.1) is 16.4 Å². The SMILES string of the molecule is CC(Sc1nnnn1Cc1cccs1)C(=O)Nc1ccccc1-c1ccccc1. The second-order valence-electron chi connectivity index (χ2n) is 6.36. The van der Waals surface area contributed by atoms with Gasteiger partial charge in [-0.2, -0.15) is 0 Å². The lowest BCUT2D eigenvalue weighted by Crippen LogP contribution is -2.23. The van der Waals surface area contributed by atoms with Crippen LogP contribution in [0.5, 0.6) is 0 Å². The molecule has 0 aliphatic heterocycles. The van der Waals surface area contributed by atoms with Crippen molar-refractivity contribution in [2.75, 3.05) is 5.32 Å². The van der Waals surface area contributed by atoms with E-state index in [1.54, 1.807) is 16.0 Å². The summed E-state index contributed by atoms with van der Waals surface area (Å²) in [6.45, 7) is 2.45. The summed E-state index contributed by atoms with van der Waals surface area (Å²) in [5, 5.41) is 17.2. The molecule has 4 rings (SSSR count). The van der Waals surface area contributed by atoms with E-state index in [4.69, 9.17) is 0 Å². The number of thiophene rings is 1. The number of tetrazole rings is 1. The van der Waals surface area contributed by atoms with Crippen molar-refractivity contribution in [3.63, 3.8) is 0 Å². The number of carbonyl (C=O) groups excluding carboxylic acids is 1. The number of para-hydroxylation sites is 1. The normalized spacial score (nSPS) is 11.9. The van der Waals surface area contributed by atoms with Gasteiger partial charge < -0.3 is 5.32 Å². The Balaban J connectivity index is 1.46. The molecule has 0 saturated carbocycles. The zero-order valence-electron chi connectivity index (χ0n) is 15.7. The minimum absolute atomic E-state index is 0.0935. The van der Waals surface area contributed by atoms with Crippen LogP contribution in [0.4, 0.5) is 5.69 Å². The predicted molar refractivity (Wildman–Crippen MR) is 117 cm³/mol. The van der Waals surface area contributed by atoms with Gasteiger partial charge in [-0.1, -0.05) is 66.4 Å². The highest BCUT2D eigenvalue weighted by molar-refractivity contribution is 8.00. The summed E-state index contributed by atoms with van der Waals surface area (Å²) in [5.41, 5.74) is 2.83. The molecule has 0 aliphatic carbocycles. The third kappa shape index (κ3) is 4.72. The predicted octanol–water partition coefficient (Wildman–Crippen LogP) is 4.57. The van der Waals surface area contributed by atoms with Crippen molar-refractivity contribution in [1.82, 2.24) is 20.2 Å². The number of benzene rings is 2. The number of thioether (sulfide) groups is 1. The molecule has 0 radical (unpaired) electrons. The first-order valence-corrected chi connectivity index (χ1v) is 10.9. The maximum absolute atomic E-state index is 12.8. The van der Waals surface area contributed by atoms with Crippen LogP contribution in [0.3, 0.4) is 0 Å². The highest BCUT2D eigenvalue weighted by atomic mass is 32.2. The molecule has 2 aromatic heterocycles. The number of nitrogens with one attached hydrogen (secondary N) is 1. The van der Waals surface area contributed by atoms with E-state index < -0.39 is 0 Å². The standard InChI is InChI=1S/C21H19N5OS2/c1-15(29-21-23-24-25-26(21)14-17-10-7-13-28-17)20(27)22-19-12-6-5-11-18(19)16-8-3-2-4-9-16/h2-13,15H,14H2,1H3,(H,22,27). The number of anilines is 1. The molecule has 6 nitrogen and oxygen atoms in total. The van der Waals surface area contributed by atoms with E-state index in [-0.39, 0.29) is 11.2 Å². The average Bonchev–Trinajstić information content (AvgIpc) is 3.42. The van der Waals surface area contributed by atoms with Gasteiger partial charge in [-0.25, -0.2) is 4.68 Å². The van der Waals surface area contributed by atoms with E-state index in [9.17, 15) is 4.79 Å². The number of hydrogen-bond acceptors (Lipinski definition) is 6. The number of carbonyl (C=O) groups is 1. The molecule has 0 saturated heterocycles. The van der Waals surface area contributed by atoms with E-state index in [0.29, 0.717) is 11.7 Å². The topological polar surface area (TPSA) is 72.7 Å². The van der Waals surface area contributed by atoms with Gasteiger partial charge >= 0.3 is 0 Å². The minimum atomic E-state index is -0.355. The lowest BCUT2D eigenvalue weighted by Gasteiger charge is -2.14. The summed E-state index contributed by atoms with van der Waals surface area (Å²) in [7, 11) is 0. The lowest BCUT2D eigenvalue weighted by molar-refractivity contribution is -0.115. The van der Waals surface area contributed by atoms with Crippen LogP contribution in [0.1, 0.15) is 11.8 Å². The molecule has 8 heteroatoms. The maximum Gasteiger partial charge on any atom is 0.237 e. The molecule has 1 unspecified atom stereocenters. The molecule has 2 aromatic carbocycles. The quantitative estimate of drug-likeness (QED) is 0.443. The number of hydrogen-bond donors (Lipinski definition) is 1. The van der Waals surface area contributed by atoms with Gasteiger partial charge in [0.05, 0.1) is 11.8 Å². The number of nitrogens with zero attached hydrogens (tertiary/aromatic N) is 4. The van der Waals surface area contributed by atoms with Gasteiger partial charge in [0.15, 0.2) is 0 Å². The van der Waals surface area contributed by atoms with Gasteiger partial charge in [-0.05, 0) is 40.4 Å². The fraction of sp³-hybridized carbons (Fsp3) is 0.143. The molecule has 0 fully saturated rings. The molecule has 1 atom stereocenters. The Morgan fingerprint density at radius 3 is 2.69 bits per heavy atom. The molecular formula is C21H19N5OS2. The van der Waals surface area contributed by atoms with Crippen LogP contribution in [0.25, 0.3) is 11.1 Å². The monoisotopic (exact) mass is 421 g/mol.